The minimum absolute atomic E-state index is 0.105. The summed E-state index contributed by atoms with van der Waals surface area (Å²) < 4.78 is 37.6. The summed E-state index contributed by atoms with van der Waals surface area (Å²) in [6.45, 7) is -0.776. The third-order valence-corrected chi connectivity index (χ3v) is 8.08. The molecule has 0 heterocycles. The molecule has 1 atom stereocenters. The summed E-state index contributed by atoms with van der Waals surface area (Å²) in [5, 5.41) is 3.22. The van der Waals surface area contributed by atoms with Crippen molar-refractivity contribution in [2.45, 2.75) is 19.0 Å². The van der Waals surface area contributed by atoms with E-state index in [4.69, 9.17) is 32.7 Å². The van der Waals surface area contributed by atoms with Gasteiger partial charge in [0.1, 0.15) is 24.1 Å². The summed E-state index contributed by atoms with van der Waals surface area (Å²) in [6.07, 6.45) is 1.14. The highest BCUT2D eigenvalue weighted by molar-refractivity contribution is 7.92. The van der Waals surface area contributed by atoms with Crippen molar-refractivity contribution in [3.63, 3.8) is 0 Å². The Bertz CT molecular complexity index is 1430. The Balaban J connectivity index is 2.12. The number of likely N-dealkylation sites (N-methyl/N-ethyl adjacent to an activating group) is 1. The zero-order valence-electron chi connectivity index (χ0n) is 22.6. The van der Waals surface area contributed by atoms with Crippen molar-refractivity contribution < 1.29 is 27.5 Å². The molecule has 12 heteroatoms. The molecule has 0 aliphatic heterocycles. The molecule has 0 aliphatic rings. The molecule has 214 valence electrons. The Hall–Kier alpha value is -3.47. The first-order chi connectivity index (χ1) is 19.0. The SMILES string of the molecule is CNC(=O)[C@@H](Cc1ccccc1)N(Cc1c(Cl)cccc1Cl)C(=O)CN(c1cc(OC)ccc1OC)S(C)(=O)=O. The van der Waals surface area contributed by atoms with Gasteiger partial charge in [-0.3, -0.25) is 13.9 Å². The van der Waals surface area contributed by atoms with E-state index in [1.165, 1.54) is 32.2 Å². The number of benzene rings is 3. The molecule has 9 nitrogen and oxygen atoms in total. The largest absolute Gasteiger partial charge is 0.497 e. The molecular formula is C28H31Cl2N3O6S. The van der Waals surface area contributed by atoms with Crippen LogP contribution in [-0.2, 0) is 32.6 Å². The number of amides is 2. The molecule has 0 aromatic heterocycles. The lowest BCUT2D eigenvalue weighted by Crippen LogP contribution is -2.53. The van der Waals surface area contributed by atoms with Gasteiger partial charge in [-0.1, -0.05) is 59.6 Å². The number of methoxy groups -OCH3 is 2. The minimum Gasteiger partial charge on any atom is -0.497 e. The van der Waals surface area contributed by atoms with Gasteiger partial charge in [0.15, 0.2) is 0 Å². The summed E-state index contributed by atoms with van der Waals surface area (Å²) in [4.78, 5) is 28.6. The van der Waals surface area contributed by atoms with Crippen LogP contribution in [0.5, 0.6) is 11.5 Å². The van der Waals surface area contributed by atoms with Crippen LogP contribution < -0.4 is 19.1 Å². The van der Waals surface area contributed by atoms with E-state index in [1.807, 2.05) is 30.3 Å². The Morgan fingerprint density at radius 2 is 1.60 bits per heavy atom. The fourth-order valence-corrected chi connectivity index (χ4v) is 5.52. The molecular weight excluding hydrogens is 577 g/mol. The number of nitrogens with one attached hydrogen (secondary N) is 1. The number of carbonyl (C=O) groups is 2. The predicted molar refractivity (Wildman–Crippen MR) is 157 cm³/mol. The zero-order chi connectivity index (χ0) is 29.4. The van der Waals surface area contributed by atoms with Crippen LogP contribution in [0.4, 0.5) is 5.69 Å². The van der Waals surface area contributed by atoms with E-state index in [9.17, 15) is 18.0 Å². The number of hydrogen-bond donors (Lipinski definition) is 1. The topological polar surface area (TPSA) is 105 Å². The van der Waals surface area contributed by atoms with Crippen molar-refractivity contribution >= 4 is 50.7 Å². The van der Waals surface area contributed by atoms with E-state index in [0.717, 1.165) is 16.1 Å². The highest BCUT2D eigenvalue weighted by Crippen LogP contribution is 2.34. The number of anilines is 1. The molecule has 0 unspecified atom stereocenters. The van der Waals surface area contributed by atoms with Gasteiger partial charge in [-0.05, 0) is 29.8 Å². The van der Waals surface area contributed by atoms with Gasteiger partial charge in [-0.25, -0.2) is 8.42 Å². The molecule has 3 aromatic rings. The third-order valence-electron chi connectivity index (χ3n) is 6.24. The molecule has 3 rings (SSSR count). The fraction of sp³-hybridized carbons (Fsp3) is 0.286. The van der Waals surface area contributed by atoms with Crippen LogP contribution in [-0.4, -0.2) is 65.2 Å². The van der Waals surface area contributed by atoms with Gasteiger partial charge in [0.05, 0.1) is 26.2 Å². The molecule has 0 radical (unpaired) electrons. The molecule has 2 amide bonds. The van der Waals surface area contributed by atoms with Crippen LogP contribution in [0.3, 0.4) is 0 Å². The van der Waals surface area contributed by atoms with Crippen molar-refractivity contribution in [1.29, 1.82) is 0 Å². The summed E-state index contributed by atoms with van der Waals surface area (Å²) in [5.74, 6) is -0.517. The number of ether oxygens (including phenoxy) is 2. The monoisotopic (exact) mass is 607 g/mol. The van der Waals surface area contributed by atoms with Crippen molar-refractivity contribution in [1.82, 2.24) is 10.2 Å². The molecule has 0 saturated carbocycles. The normalized spacial score (nSPS) is 11.8. The Morgan fingerprint density at radius 1 is 0.950 bits per heavy atom. The molecule has 40 heavy (non-hydrogen) atoms. The lowest BCUT2D eigenvalue weighted by atomic mass is 10.0. The standard InChI is InChI=1S/C28H31Cl2N3O6S/c1-31-28(35)25(15-19-9-6-5-7-10-19)32(17-21-22(29)11-8-12-23(21)30)27(34)18-33(40(4,36)37)24-16-20(38-2)13-14-26(24)39-3/h5-14,16,25H,15,17-18H2,1-4H3,(H,31,35)/t25-/m1/s1. The molecule has 3 aromatic carbocycles. The van der Waals surface area contributed by atoms with Crippen LogP contribution in [0, 0.1) is 0 Å². The van der Waals surface area contributed by atoms with Crippen LogP contribution >= 0.6 is 23.2 Å². The van der Waals surface area contributed by atoms with E-state index < -0.39 is 34.4 Å². The average Bonchev–Trinajstić information content (AvgIpc) is 2.94. The summed E-state index contributed by atoms with van der Waals surface area (Å²) in [6, 6.07) is 17.7. The lowest BCUT2D eigenvalue weighted by Gasteiger charge is -2.33. The van der Waals surface area contributed by atoms with Crippen LogP contribution in [0.15, 0.2) is 66.7 Å². The van der Waals surface area contributed by atoms with Gasteiger partial charge in [0.25, 0.3) is 0 Å². The first kappa shape index (κ1) is 31.1. The lowest BCUT2D eigenvalue weighted by molar-refractivity contribution is -0.139. The van der Waals surface area contributed by atoms with E-state index >= 15 is 0 Å². The van der Waals surface area contributed by atoms with Crippen molar-refractivity contribution in [2.24, 2.45) is 0 Å². The number of halogens is 2. The molecule has 1 N–H and O–H groups in total. The van der Waals surface area contributed by atoms with Gasteiger partial charge >= 0.3 is 0 Å². The maximum absolute atomic E-state index is 14.1. The van der Waals surface area contributed by atoms with Crippen molar-refractivity contribution in [3.8, 4) is 11.5 Å². The number of rotatable bonds is 12. The van der Waals surface area contributed by atoms with Crippen molar-refractivity contribution in [2.75, 3.05) is 38.4 Å². The average molecular weight is 609 g/mol. The number of carbonyl (C=O) groups excluding carboxylic acids is 2. The maximum atomic E-state index is 14.1. The molecule has 0 saturated heterocycles. The summed E-state index contributed by atoms with van der Waals surface area (Å²) in [7, 11) is 0.290. The highest BCUT2D eigenvalue weighted by atomic mass is 35.5. The van der Waals surface area contributed by atoms with E-state index in [1.54, 1.807) is 30.3 Å². The van der Waals surface area contributed by atoms with Gasteiger partial charge < -0.3 is 19.7 Å². The van der Waals surface area contributed by atoms with E-state index in [2.05, 4.69) is 5.32 Å². The molecule has 0 fully saturated rings. The number of nitrogens with zero attached hydrogens (tertiary/aromatic N) is 2. The first-order valence-corrected chi connectivity index (χ1v) is 14.8. The predicted octanol–water partition coefficient (Wildman–Crippen LogP) is 4.16. The summed E-state index contributed by atoms with van der Waals surface area (Å²) in [5.41, 5.74) is 1.33. The third kappa shape index (κ3) is 7.59. The quantitative estimate of drug-likeness (QED) is 0.331. The van der Waals surface area contributed by atoms with Crippen LogP contribution in [0.1, 0.15) is 11.1 Å². The van der Waals surface area contributed by atoms with Gasteiger partial charge in [0, 0.05) is 41.7 Å². The van der Waals surface area contributed by atoms with Gasteiger partial charge in [-0.15, -0.1) is 0 Å². The van der Waals surface area contributed by atoms with Crippen LogP contribution in [0.25, 0.3) is 0 Å². The smallest absolute Gasteiger partial charge is 0.244 e. The van der Waals surface area contributed by atoms with E-state index in [0.29, 0.717) is 21.4 Å². The number of sulfonamides is 1. The van der Waals surface area contributed by atoms with Crippen LogP contribution in [0.2, 0.25) is 10.0 Å². The Labute approximate surface area is 244 Å². The van der Waals surface area contributed by atoms with E-state index in [-0.39, 0.29) is 24.4 Å². The highest BCUT2D eigenvalue weighted by Gasteiger charge is 2.34. The maximum Gasteiger partial charge on any atom is 0.244 e. The Kier molecular flexibility index (Phi) is 10.7. The fourth-order valence-electron chi connectivity index (χ4n) is 4.16. The number of hydrogen-bond acceptors (Lipinski definition) is 6. The zero-order valence-corrected chi connectivity index (χ0v) is 24.9. The Morgan fingerprint density at radius 3 is 2.15 bits per heavy atom. The van der Waals surface area contributed by atoms with Gasteiger partial charge in [0.2, 0.25) is 21.8 Å². The molecule has 0 spiro atoms. The second-order valence-electron chi connectivity index (χ2n) is 8.85. The second kappa shape index (κ2) is 13.7. The first-order valence-electron chi connectivity index (χ1n) is 12.2. The molecule has 0 bridgehead atoms. The summed E-state index contributed by atoms with van der Waals surface area (Å²) >= 11 is 12.9. The minimum atomic E-state index is -4.01. The van der Waals surface area contributed by atoms with Gasteiger partial charge in [-0.2, -0.15) is 0 Å². The van der Waals surface area contributed by atoms with Crippen molar-refractivity contribution in [3.05, 3.63) is 87.9 Å². The second-order valence-corrected chi connectivity index (χ2v) is 11.6. The molecule has 0 aliphatic carbocycles.